The molecule has 2 aromatic rings. The zero-order chi connectivity index (χ0) is 17.7. The normalized spacial score (nSPS) is 11.8. The lowest BCUT2D eigenvalue weighted by atomic mass is 10.3. The summed E-state index contributed by atoms with van der Waals surface area (Å²) in [5.74, 6) is -0.0520. The van der Waals surface area contributed by atoms with Crippen molar-refractivity contribution in [3.05, 3.63) is 40.9 Å². The lowest BCUT2D eigenvalue weighted by molar-refractivity contribution is -0.111. The first kappa shape index (κ1) is 18.1. The first-order valence-corrected chi connectivity index (χ1v) is 9.20. The van der Waals surface area contributed by atoms with E-state index in [1.807, 2.05) is 0 Å². The number of amides is 1. The predicted octanol–water partition coefficient (Wildman–Crippen LogP) is 2.05. The molecular formula is C15H17N3O4S2. The van der Waals surface area contributed by atoms with Crippen LogP contribution in [0, 0.1) is 0 Å². The molecule has 9 heteroatoms. The van der Waals surface area contributed by atoms with Gasteiger partial charge in [-0.3, -0.25) is 4.79 Å². The average molecular weight is 367 g/mol. The van der Waals surface area contributed by atoms with E-state index < -0.39 is 15.9 Å². The fourth-order valence-electron chi connectivity index (χ4n) is 1.80. The van der Waals surface area contributed by atoms with Gasteiger partial charge in [-0.05, 0) is 24.3 Å². The van der Waals surface area contributed by atoms with Crippen molar-refractivity contribution in [2.45, 2.75) is 4.90 Å². The van der Waals surface area contributed by atoms with E-state index in [2.05, 4.69) is 10.3 Å². The van der Waals surface area contributed by atoms with Gasteiger partial charge in [0, 0.05) is 25.6 Å². The van der Waals surface area contributed by atoms with Crippen LogP contribution in [0.3, 0.4) is 0 Å². The lowest BCUT2D eigenvalue weighted by Crippen LogP contribution is -2.22. The van der Waals surface area contributed by atoms with Crippen molar-refractivity contribution in [1.29, 1.82) is 0 Å². The molecule has 2 rings (SSSR count). The minimum absolute atomic E-state index is 0.0621. The van der Waals surface area contributed by atoms with Crippen LogP contribution in [0.4, 0.5) is 5.69 Å². The number of rotatable bonds is 6. The molecule has 7 nitrogen and oxygen atoms in total. The number of nitrogens with zero attached hydrogens (tertiary/aromatic N) is 2. The van der Waals surface area contributed by atoms with Crippen LogP contribution in [0.1, 0.15) is 5.69 Å². The summed E-state index contributed by atoms with van der Waals surface area (Å²) in [6.07, 6.45) is 2.89. The Bertz CT molecular complexity index is 844. The maximum Gasteiger partial charge on any atom is 0.248 e. The Kier molecular flexibility index (Phi) is 5.71. The average Bonchev–Trinajstić information content (AvgIpc) is 3.06. The number of carbonyl (C=O) groups excluding carboxylic acids is 1. The monoisotopic (exact) mass is 367 g/mol. The molecule has 1 N–H and O–H groups in total. The maximum atomic E-state index is 12.2. The quantitative estimate of drug-likeness (QED) is 0.790. The molecule has 0 unspecified atom stereocenters. The Balaban J connectivity index is 2.26. The highest BCUT2D eigenvalue weighted by molar-refractivity contribution is 7.89. The number of aromatic nitrogens is 1. The Morgan fingerprint density at radius 3 is 2.71 bits per heavy atom. The molecule has 1 aromatic carbocycles. The van der Waals surface area contributed by atoms with Crippen molar-refractivity contribution in [2.24, 2.45) is 0 Å². The summed E-state index contributed by atoms with van der Waals surface area (Å²) in [5, 5.41) is 4.42. The van der Waals surface area contributed by atoms with Gasteiger partial charge in [-0.15, -0.1) is 11.3 Å². The summed E-state index contributed by atoms with van der Waals surface area (Å²) in [6, 6.07) is 4.29. The third-order valence-electron chi connectivity index (χ3n) is 3.06. The third kappa shape index (κ3) is 4.19. The molecular weight excluding hydrogens is 350 g/mol. The highest BCUT2D eigenvalue weighted by atomic mass is 32.2. The molecule has 24 heavy (non-hydrogen) atoms. The summed E-state index contributed by atoms with van der Waals surface area (Å²) in [4.78, 5) is 16.1. The van der Waals surface area contributed by atoms with Gasteiger partial charge < -0.3 is 10.1 Å². The minimum Gasteiger partial charge on any atom is -0.495 e. The summed E-state index contributed by atoms with van der Waals surface area (Å²) >= 11 is 1.42. The largest absolute Gasteiger partial charge is 0.495 e. The van der Waals surface area contributed by atoms with E-state index in [1.54, 1.807) is 17.0 Å². The maximum absolute atomic E-state index is 12.2. The Morgan fingerprint density at radius 1 is 1.38 bits per heavy atom. The number of sulfonamides is 1. The van der Waals surface area contributed by atoms with Crippen LogP contribution in [0.2, 0.25) is 0 Å². The van der Waals surface area contributed by atoms with Gasteiger partial charge >= 0.3 is 0 Å². The van der Waals surface area contributed by atoms with Gasteiger partial charge in [-0.1, -0.05) is 0 Å². The number of nitrogens with one attached hydrogen (secondary N) is 1. The van der Waals surface area contributed by atoms with Gasteiger partial charge in [-0.2, -0.15) is 0 Å². The van der Waals surface area contributed by atoms with Gasteiger partial charge in [-0.25, -0.2) is 17.7 Å². The first-order chi connectivity index (χ1) is 11.3. The molecule has 0 bridgehead atoms. The number of hydrogen-bond acceptors (Lipinski definition) is 6. The topological polar surface area (TPSA) is 88.6 Å². The fourth-order valence-corrected chi connectivity index (χ4v) is 3.25. The van der Waals surface area contributed by atoms with Crippen molar-refractivity contribution in [1.82, 2.24) is 9.29 Å². The number of ether oxygens (including phenoxy) is 1. The minimum atomic E-state index is -3.61. The predicted molar refractivity (Wildman–Crippen MR) is 93.6 cm³/mol. The number of hydrogen-bond donors (Lipinski definition) is 1. The van der Waals surface area contributed by atoms with E-state index in [9.17, 15) is 13.2 Å². The van der Waals surface area contributed by atoms with E-state index in [-0.39, 0.29) is 10.6 Å². The molecule has 0 aliphatic rings. The number of thiazole rings is 1. The Morgan fingerprint density at radius 2 is 2.12 bits per heavy atom. The van der Waals surface area contributed by atoms with Crippen LogP contribution < -0.4 is 10.1 Å². The molecule has 0 aliphatic heterocycles. The molecule has 0 saturated carbocycles. The standard InChI is InChI=1S/C15H17N3O4S2/c1-18(2)24(20,21)12-5-6-14(22-3)13(8-12)17-15(19)7-4-11-9-23-10-16-11/h4-10H,1-3H3,(H,17,19)/b7-4+. The van der Waals surface area contributed by atoms with Crippen LogP contribution in [0.25, 0.3) is 6.08 Å². The number of carbonyl (C=O) groups is 1. The van der Waals surface area contributed by atoms with Gasteiger partial charge in [0.15, 0.2) is 0 Å². The summed E-state index contributed by atoms with van der Waals surface area (Å²) < 4.78 is 30.7. The molecule has 1 aromatic heterocycles. The number of anilines is 1. The third-order valence-corrected chi connectivity index (χ3v) is 5.48. The summed E-state index contributed by atoms with van der Waals surface area (Å²) in [7, 11) is 0.710. The van der Waals surface area contributed by atoms with E-state index in [1.165, 1.54) is 56.8 Å². The highest BCUT2D eigenvalue weighted by Gasteiger charge is 2.19. The summed E-state index contributed by atoms with van der Waals surface area (Å²) in [5.41, 5.74) is 2.61. The fraction of sp³-hybridized carbons (Fsp3) is 0.200. The molecule has 0 fully saturated rings. The van der Waals surface area contributed by atoms with Crippen molar-refractivity contribution in [2.75, 3.05) is 26.5 Å². The zero-order valence-electron chi connectivity index (χ0n) is 13.4. The SMILES string of the molecule is COc1ccc(S(=O)(=O)N(C)C)cc1NC(=O)/C=C/c1cscn1. The Labute approximate surface area is 144 Å². The Hall–Kier alpha value is -2.23. The van der Waals surface area contributed by atoms with Crippen LogP contribution in [-0.4, -0.2) is 44.8 Å². The molecule has 0 radical (unpaired) electrons. The van der Waals surface area contributed by atoms with E-state index in [0.29, 0.717) is 11.4 Å². The molecule has 0 saturated heterocycles. The molecule has 0 spiro atoms. The molecule has 0 aliphatic carbocycles. The highest BCUT2D eigenvalue weighted by Crippen LogP contribution is 2.28. The second-order valence-electron chi connectivity index (χ2n) is 4.89. The molecule has 128 valence electrons. The van der Waals surface area contributed by atoms with Crippen molar-refractivity contribution >= 4 is 39.0 Å². The first-order valence-electron chi connectivity index (χ1n) is 6.82. The van der Waals surface area contributed by atoms with Gasteiger partial charge in [0.1, 0.15) is 5.75 Å². The van der Waals surface area contributed by atoms with Crippen molar-refractivity contribution < 1.29 is 17.9 Å². The van der Waals surface area contributed by atoms with Gasteiger partial charge in [0.25, 0.3) is 0 Å². The molecule has 1 heterocycles. The lowest BCUT2D eigenvalue weighted by Gasteiger charge is -2.14. The van der Waals surface area contributed by atoms with Crippen LogP contribution >= 0.6 is 11.3 Å². The van der Waals surface area contributed by atoms with Crippen molar-refractivity contribution in [3.8, 4) is 5.75 Å². The molecule has 0 atom stereocenters. The van der Waals surface area contributed by atoms with Crippen LogP contribution in [0.5, 0.6) is 5.75 Å². The van der Waals surface area contributed by atoms with Crippen molar-refractivity contribution in [3.63, 3.8) is 0 Å². The van der Waals surface area contributed by atoms with Gasteiger partial charge in [0.2, 0.25) is 15.9 Å². The second kappa shape index (κ2) is 7.56. The zero-order valence-corrected chi connectivity index (χ0v) is 15.0. The number of benzene rings is 1. The van der Waals surface area contributed by atoms with Gasteiger partial charge in [0.05, 0.1) is 28.9 Å². The van der Waals surface area contributed by atoms with E-state index >= 15 is 0 Å². The summed E-state index contributed by atoms with van der Waals surface area (Å²) in [6.45, 7) is 0. The van der Waals surface area contributed by atoms with Crippen LogP contribution in [-0.2, 0) is 14.8 Å². The smallest absolute Gasteiger partial charge is 0.248 e. The van der Waals surface area contributed by atoms with E-state index in [0.717, 1.165) is 4.31 Å². The van der Waals surface area contributed by atoms with E-state index in [4.69, 9.17) is 4.74 Å². The number of methoxy groups -OCH3 is 1. The second-order valence-corrected chi connectivity index (χ2v) is 7.76. The molecule has 1 amide bonds. The van der Waals surface area contributed by atoms with Crippen LogP contribution in [0.15, 0.2) is 40.1 Å².